The molecule has 0 aliphatic carbocycles. The molecule has 0 saturated carbocycles. The van der Waals surface area contributed by atoms with E-state index >= 15 is 0 Å². The summed E-state index contributed by atoms with van der Waals surface area (Å²) in [5.74, 6) is 0.828. The molecule has 2 atom stereocenters. The average molecular weight is 411 g/mol. The van der Waals surface area contributed by atoms with Gasteiger partial charge in [0.1, 0.15) is 11.9 Å². The van der Waals surface area contributed by atoms with Gasteiger partial charge in [0.05, 0.1) is 23.9 Å². The highest BCUT2D eigenvalue weighted by Crippen LogP contribution is 2.39. The highest BCUT2D eigenvalue weighted by atomic mass is 35.5. The second-order valence-electron chi connectivity index (χ2n) is 6.70. The number of benzene rings is 3. The molecule has 0 bridgehead atoms. The van der Waals surface area contributed by atoms with Crippen LogP contribution >= 0.6 is 23.2 Å². The van der Waals surface area contributed by atoms with Gasteiger partial charge in [-0.05, 0) is 48.9 Å². The topological polar surface area (TPSA) is 24.8 Å². The maximum Gasteiger partial charge on any atom is 0.148 e. The zero-order valence-electron chi connectivity index (χ0n) is 15.6. The molecule has 1 heterocycles. The van der Waals surface area contributed by atoms with Crippen molar-refractivity contribution in [3.05, 3.63) is 94.0 Å². The molecule has 0 amide bonds. The molecule has 1 aliphatic rings. The number of nitrogens with zero attached hydrogens (tertiary/aromatic N) is 2. The van der Waals surface area contributed by atoms with Crippen molar-refractivity contribution in [2.24, 2.45) is 4.99 Å². The van der Waals surface area contributed by atoms with Crippen molar-refractivity contribution in [3.8, 4) is 5.75 Å². The van der Waals surface area contributed by atoms with Crippen molar-refractivity contribution in [1.82, 2.24) is 0 Å². The predicted molar refractivity (Wildman–Crippen MR) is 117 cm³/mol. The van der Waals surface area contributed by atoms with Crippen LogP contribution in [0.15, 0.2) is 77.8 Å². The van der Waals surface area contributed by atoms with Gasteiger partial charge in [-0.1, -0.05) is 59.6 Å². The fraction of sp³-hybridized carbons (Fsp3) is 0.174. The molecule has 2 unspecified atom stereocenters. The number of anilines is 1. The summed E-state index contributed by atoms with van der Waals surface area (Å²) in [4.78, 5) is 7.38. The molecule has 0 radical (unpaired) electrons. The number of methoxy groups -OCH3 is 1. The van der Waals surface area contributed by atoms with Crippen LogP contribution < -0.4 is 9.64 Å². The Balaban J connectivity index is 1.80. The van der Waals surface area contributed by atoms with Gasteiger partial charge in [-0.2, -0.15) is 0 Å². The normalized spacial score (nSPS) is 18.9. The largest absolute Gasteiger partial charge is 0.497 e. The molecule has 3 nitrogen and oxygen atoms in total. The third-order valence-corrected chi connectivity index (χ3v) is 5.56. The second kappa shape index (κ2) is 7.86. The smallest absolute Gasteiger partial charge is 0.148 e. The van der Waals surface area contributed by atoms with E-state index < -0.39 is 0 Å². The van der Waals surface area contributed by atoms with E-state index in [4.69, 9.17) is 32.9 Å². The summed E-state index contributed by atoms with van der Waals surface area (Å²) >= 11 is 12.6. The Hall–Kier alpha value is -2.49. The third kappa shape index (κ3) is 3.48. The summed E-state index contributed by atoms with van der Waals surface area (Å²) < 4.78 is 5.31. The first-order valence-corrected chi connectivity index (χ1v) is 9.84. The molecule has 142 valence electrons. The van der Waals surface area contributed by atoms with E-state index in [1.54, 1.807) is 13.2 Å². The molecule has 4 rings (SSSR count). The molecule has 5 heteroatoms. The quantitative estimate of drug-likeness (QED) is 0.496. The minimum absolute atomic E-state index is 0.0391. The van der Waals surface area contributed by atoms with Crippen LogP contribution in [-0.4, -0.2) is 18.9 Å². The van der Waals surface area contributed by atoms with Crippen molar-refractivity contribution in [3.63, 3.8) is 0 Å². The zero-order valence-corrected chi connectivity index (χ0v) is 17.2. The summed E-state index contributed by atoms with van der Waals surface area (Å²) in [6, 6.07) is 24.0. The molecule has 1 aliphatic heterocycles. The van der Waals surface area contributed by atoms with E-state index in [-0.39, 0.29) is 12.2 Å². The molecular formula is C23H20Cl2N2O. The molecular weight excluding hydrogens is 391 g/mol. The molecule has 0 fully saturated rings. The number of hydrogen-bond acceptors (Lipinski definition) is 3. The lowest BCUT2D eigenvalue weighted by Gasteiger charge is -2.30. The third-order valence-electron chi connectivity index (χ3n) is 5.01. The van der Waals surface area contributed by atoms with Crippen LogP contribution in [0.4, 0.5) is 5.69 Å². The Morgan fingerprint density at radius 2 is 1.64 bits per heavy atom. The predicted octanol–water partition coefficient (Wildman–Crippen LogP) is 6.40. The van der Waals surface area contributed by atoms with E-state index in [2.05, 4.69) is 36.1 Å². The number of ether oxygens (including phenoxy) is 1. The van der Waals surface area contributed by atoms with Gasteiger partial charge in [0.2, 0.25) is 0 Å². The highest BCUT2D eigenvalue weighted by Gasteiger charge is 2.35. The Labute approximate surface area is 175 Å². The monoisotopic (exact) mass is 410 g/mol. The van der Waals surface area contributed by atoms with Crippen LogP contribution in [0, 0.1) is 0 Å². The van der Waals surface area contributed by atoms with Gasteiger partial charge >= 0.3 is 0 Å². The fourth-order valence-corrected chi connectivity index (χ4v) is 4.12. The summed E-state index contributed by atoms with van der Waals surface area (Å²) in [6.07, 6.45) is -0.133. The zero-order chi connectivity index (χ0) is 19.7. The molecule has 0 spiro atoms. The van der Waals surface area contributed by atoms with E-state index in [0.29, 0.717) is 10.0 Å². The molecule has 3 aromatic rings. The molecule has 3 aromatic carbocycles. The average Bonchev–Trinajstić information content (AvgIpc) is 3.06. The lowest BCUT2D eigenvalue weighted by molar-refractivity contribution is 0.414. The first-order chi connectivity index (χ1) is 13.6. The van der Waals surface area contributed by atoms with Crippen LogP contribution in [0.2, 0.25) is 10.0 Å². The van der Waals surface area contributed by atoms with Crippen molar-refractivity contribution < 1.29 is 4.74 Å². The summed E-state index contributed by atoms with van der Waals surface area (Å²) in [7, 11) is 1.67. The van der Waals surface area contributed by atoms with Gasteiger partial charge in [0, 0.05) is 16.3 Å². The maximum atomic E-state index is 6.50. The molecule has 0 aromatic heterocycles. The number of aliphatic imine (C=N–C) groups is 1. The number of rotatable bonds is 4. The Kier molecular flexibility index (Phi) is 5.29. The van der Waals surface area contributed by atoms with Crippen LogP contribution in [0.25, 0.3) is 0 Å². The second-order valence-corrected chi connectivity index (χ2v) is 7.55. The van der Waals surface area contributed by atoms with Gasteiger partial charge < -0.3 is 9.64 Å². The minimum Gasteiger partial charge on any atom is -0.497 e. The standard InChI is InChI=1S/C23H20Cl2N2O/c1-15-22(20-13-8-17(24)14-21(20)25)26-23(16-6-4-3-5-7-16)27(15)18-9-11-19(28-2)12-10-18/h3-15,23H,1-2H3. The molecule has 0 saturated heterocycles. The maximum absolute atomic E-state index is 6.50. The van der Waals surface area contributed by atoms with Gasteiger partial charge in [-0.3, -0.25) is 4.99 Å². The van der Waals surface area contributed by atoms with Crippen LogP contribution in [-0.2, 0) is 0 Å². The Bertz CT molecular complexity index is 1000. The highest BCUT2D eigenvalue weighted by molar-refractivity contribution is 6.37. The summed E-state index contributed by atoms with van der Waals surface area (Å²) in [5.41, 5.74) is 4.07. The summed E-state index contributed by atoms with van der Waals surface area (Å²) in [5, 5.41) is 1.23. The Morgan fingerprint density at radius 1 is 0.929 bits per heavy atom. The number of halogens is 2. The first-order valence-electron chi connectivity index (χ1n) is 9.09. The van der Waals surface area contributed by atoms with Crippen LogP contribution in [0.5, 0.6) is 5.75 Å². The van der Waals surface area contributed by atoms with Crippen LogP contribution in [0.1, 0.15) is 24.2 Å². The van der Waals surface area contributed by atoms with Crippen molar-refractivity contribution in [1.29, 1.82) is 0 Å². The van der Waals surface area contributed by atoms with Gasteiger partial charge in [-0.25, -0.2) is 0 Å². The van der Waals surface area contributed by atoms with Crippen molar-refractivity contribution >= 4 is 34.6 Å². The minimum atomic E-state index is -0.133. The van der Waals surface area contributed by atoms with Crippen molar-refractivity contribution in [2.75, 3.05) is 12.0 Å². The summed E-state index contributed by atoms with van der Waals surface area (Å²) in [6.45, 7) is 2.15. The SMILES string of the molecule is COc1ccc(N2C(C)C(c3ccc(Cl)cc3Cl)=NC2c2ccccc2)cc1. The lowest BCUT2D eigenvalue weighted by Crippen LogP contribution is -2.35. The van der Waals surface area contributed by atoms with Crippen LogP contribution in [0.3, 0.4) is 0 Å². The lowest BCUT2D eigenvalue weighted by atomic mass is 10.0. The van der Waals surface area contributed by atoms with E-state index in [9.17, 15) is 0 Å². The van der Waals surface area contributed by atoms with Crippen molar-refractivity contribution in [2.45, 2.75) is 19.1 Å². The van der Waals surface area contributed by atoms with E-state index in [1.165, 1.54) is 0 Å². The fourth-order valence-electron chi connectivity index (χ4n) is 3.62. The first kappa shape index (κ1) is 18.9. The van der Waals surface area contributed by atoms with E-state index in [1.807, 2.05) is 42.5 Å². The molecule has 0 N–H and O–H groups in total. The number of hydrogen-bond donors (Lipinski definition) is 0. The van der Waals surface area contributed by atoms with Gasteiger partial charge in [-0.15, -0.1) is 0 Å². The van der Waals surface area contributed by atoms with Gasteiger partial charge in [0.15, 0.2) is 0 Å². The molecule has 28 heavy (non-hydrogen) atoms. The van der Waals surface area contributed by atoms with E-state index in [0.717, 1.165) is 28.3 Å². The Morgan fingerprint density at radius 3 is 2.29 bits per heavy atom. The van der Waals surface area contributed by atoms with Gasteiger partial charge in [0.25, 0.3) is 0 Å².